The molecule has 0 atom stereocenters. The number of aryl methyl sites for hydroxylation is 1. The van der Waals surface area contributed by atoms with Gasteiger partial charge in [-0.15, -0.1) is 0 Å². The Labute approximate surface area is 116 Å². The van der Waals surface area contributed by atoms with E-state index in [-0.39, 0.29) is 11.7 Å². The number of hydrogen-bond donors (Lipinski definition) is 2. The number of phenolic OH excluding ortho intramolecular Hbond substituents is 1. The smallest absolute Gasteiger partial charge is 0.257 e. The number of anilines is 1. The van der Waals surface area contributed by atoms with E-state index in [1.807, 2.05) is 13.0 Å². The van der Waals surface area contributed by atoms with Gasteiger partial charge >= 0.3 is 0 Å². The molecule has 1 amide bonds. The van der Waals surface area contributed by atoms with Crippen LogP contribution in [-0.2, 0) is 0 Å². The summed E-state index contributed by atoms with van der Waals surface area (Å²) in [6, 6.07) is 10.2. The van der Waals surface area contributed by atoms with Gasteiger partial charge in [-0.3, -0.25) is 4.79 Å². The molecule has 0 heterocycles. The van der Waals surface area contributed by atoms with Gasteiger partial charge in [-0.25, -0.2) is 0 Å². The zero-order chi connectivity index (χ0) is 14.0. The molecule has 2 aromatic carbocycles. The van der Waals surface area contributed by atoms with Gasteiger partial charge in [0.15, 0.2) is 0 Å². The number of nitrogens with one attached hydrogen (secondary N) is 1. The second-order valence-corrected chi connectivity index (χ2v) is 4.79. The molecule has 2 aromatic rings. The highest BCUT2D eigenvalue weighted by molar-refractivity contribution is 6.34. The average Bonchev–Trinajstić information content (AvgIpc) is 2.34. The zero-order valence-corrected chi connectivity index (χ0v) is 11.5. The summed E-state index contributed by atoms with van der Waals surface area (Å²) in [6.45, 7) is 3.65. The lowest BCUT2D eigenvalue weighted by molar-refractivity contribution is 0.102. The van der Waals surface area contributed by atoms with Gasteiger partial charge in [0.2, 0.25) is 0 Å². The monoisotopic (exact) mass is 275 g/mol. The molecule has 0 aliphatic rings. The molecule has 0 radical (unpaired) electrons. The van der Waals surface area contributed by atoms with Crippen molar-refractivity contribution < 1.29 is 9.90 Å². The maximum absolute atomic E-state index is 12.1. The van der Waals surface area contributed by atoms with Crippen molar-refractivity contribution in [3.8, 4) is 5.75 Å². The van der Waals surface area contributed by atoms with Crippen molar-refractivity contribution in [2.24, 2.45) is 0 Å². The molecule has 98 valence electrons. The van der Waals surface area contributed by atoms with Gasteiger partial charge in [-0.05, 0) is 43.7 Å². The van der Waals surface area contributed by atoms with Gasteiger partial charge in [-0.2, -0.15) is 0 Å². The van der Waals surface area contributed by atoms with E-state index in [1.54, 1.807) is 37.3 Å². The first-order valence-corrected chi connectivity index (χ1v) is 6.23. The maximum atomic E-state index is 12.1. The van der Waals surface area contributed by atoms with Crippen molar-refractivity contribution in [3.05, 3.63) is 58.1 Å². The summed E-state index contributed by atoms with van der Waals surface area (Å²) in [5, 5.41) is 12.8. The van der Waals surface area contributed by atoms with E-state index in [2.05, 4.69) is 5.32 Å². The van der Waals surface area contributed by atoms with Crippen molar-refractivity contribution >= 4 is 23.2 Å². The van der Waals surface area contributed by atoms with Gasteiger partial charge in [0.1, 0.15) is 5.75 Å². The summed E-state index contributed by atoms with van der Waals surface area (Å²) in [5.74, 6) is -0.147. The van der Waals surface area contributed by atoms with Gasteiger partial charge in [0.05, 0.1) is 10.6 Å². The Morgan fingerprint density at radius 3 is 2.63 bits per heavy atom. The third-order valence-corrected chi connectivity index (χ3v) is 3.24. The lowest BCUT2D eigenvalue weighted by atomic mass is 10.1. The number of phenols is 1. The van der Waals surface area contributed by atoms with Crippen LogP contribution in [0.3, 0.4) is 0 Å². The normalized spacial score (nSPS) is 10.3. The Bertz CT molecular complexity index is 638. The van der Waals surface area contributed by atoms with E-state index in [4.69, 9.17) is 11.6 Å². The topological polar surface area (TPSA) is 49.3 Å². The average molecular weight is 276 g/mol. The molecule has 0 saturated carbocycles. The predicted octanol–water partition coefficient (Wildman–Crippen LogP) is 3.91. The highest BCUT2D eigenvalue weighted by Crippen LogP contribution is 2.25. The number of aromatic hydroxyl groups is 1. The molecule has 0 saturated heterocycles. The van der Waals surface area contributed by atoms with Crippen molar-refractivity contribution in [3.63, 3.8) is 0 Å². The Hall–Kier alpha value is -2.00. The number of halogens is 1. The lowest BCUT2D eigenvalue weighted by Gasteiger charge is -2.10. The number of hydrogen-bond acceptors (Lipinski definition) is 2. The molecule has 0 fully saturated rings. The summed E-state index contributed by atoms with van der Waals surface area (Å²) < 4.78 is 0. The minimum Gasteiger partial charge on any atom is -0.508 e. The second-order valence-electron chi connectivity index (χ2n) is 4.39. The molecule has 2 rings (SSSR count). The minimum absolute atomic E-state index is 0.146. The van der Waals surface area contributed by atoms with Gasteiger partial charge in [0, 0.05) is 11.3 Å². The first-order chi connectivity index (χ1) is 8.99. The molecule has 0 unspecified atom stereocenters. The molecule has 0 bridgehead atoms. The summed E-state index contributed by atoms with van der Waals surface area (Å²) >= 11 is 6.05. The van der Waals surface area contributed by atoms with Crippen LogP contribution in [0.15, 0.2) is 36.4 Å². The van der Waals surface area contributed by atoms with E-state index >= 15 is 0 Å². The fourth-order valence-corrected chi connectivity index (χ4v) is 2.07. The van der Waals surface area contributed by atoms with Crippen molar-refractivity contribution in [2.75, 3.05) is 5.32 Å². The molecule has 3 nitrogen and oxygen atoms in total. The minimum atomic E-state index is -0.293. The molecule has 0 aromatic heterocycles. The SMILES string of the molecule is Cc1ccc(C(=O)Nc2cccc(O)c2C)c(Cl)c1. The Morgan fingerprint density at radius 2 is 1.95 bits per heavy atom. The highest BCUT2D eigenvalue weighted by Gasteiger charge is 2.12. The third-order valence-electron chi connectivity index (χ3n) is 2.92. The van der Waals surface area contributed by atoms with Crippen molar-refractivity contribution in [1.82, 2.24) is 0 Å². The van der Waals surface area contributed by atoms with Crippen LogP contribution in [0.4, 0.5) is 5.69 Å². The maximum Gasteiger partial charge on any atom is 0.257 e. The molecule has 2 N–H and O–H groups in total. The molecule has 0 aliphatic heterocycles. The number of carbonyl (C=O) groups is 1. The Balaban J connectivity index is 2.28. The predicted molar refractivity (Wildman–Crippen MR) is 77.0 cm³/mol. The molecule has 19 heavy (non-hydrogen) atoms. The van der Waals surface area contributed by atoms with Crippen LogP contribution in [-0.4, -0.2) is 11.0 Å². The van der Waals surface area contributed by atoms with Crippen LogP contribution in [0, 0.1) is 13.8 Å². The zero-order valence-electron chi connectivity index (χ0n) is 10.7. The Morgan fingerprint density at radius 1 is 1.21 bits per heavy atom. The summed E-state index contributed by atoms with van der Waals surface area (Å²) in [7, 11) is 0. The molecular formula is C15H14ClNO2. The molecule has 0 spiro atoms. The largest absolute Gasteiger partial charge is 0.508 e. The van der Waals surface area contributed by atoms with Crippen molar-refractivity contribution in [2.45, 2.75) is 13.8 Å². The van der Waals surface area contributed by atoms with E-state index in [9.17, 15) is 9.90 Å². The van der Waals surface area contributed by atoms with E-state index in [1.165, 1.54) is 0 Å². The Kier molecular flexibility index (Phi) is 3.76. The quantitative estimate of drug-likeness (QED) is 0.873. The first kappa shape index (κ1) is 13.4. The lowest BCUT2D eigenvalue weighted by Crippen LogP contribution is -2.13. The van der Waals surface area contributed by atoms with E-state index in [0.29, 0.717) is 21.8 Å². The fraction of sp³-hybridized carbons (Fsp3) is 0.133. The number of amides is 1. The van der Waals surface area contributed by atoms with Crippen LogP contribution >= 0.6 is 11.6 Å². The van der Waals surface area contributed by atoms with Crippen molar-refractivity contribution in [1.29, 1.82) is 0 Å². The summed E-state index contributed by atoms with van der Waals surface area (Å²) in [5.41, 5.74) is 2.60. The van der Waals surface area contributed by atoms with Gasteiger partial charge in [-0.1, -0.05) is 23.7 Å². The molecule has 4 heteroatoms. The third kappa shape index (κ3) is 2.88. The van der Waals surface area contributed by atoms with E-state index < -0.39 is 0 Å². The second kappa shape index (κ2) is 5.33. The number of rotatable bonds is 2. The number of benzene rings is 2. The standard InChI is InChI=1S/C15H14ClNO2/c1-9-6-7-11(12(16)8-9)15(19)17-13-4-3-5-14(18)10(13)2/h3-8,18H,1-2H3,(H,17,19). The summed E-state index contributed by atoms with van der Waals surface area (Å²) in [4.78, 5) is 12.1. The molecule has 0 aliphatic carbocycles. The fourth-order valence-electron chi connectivity index (χ4n) is 1.75. The summed E-state index contributed by atoms with van der Waals surface area (Å²) in [6.07, 6.45) is 0. The van der Waals surface area contributed by atoms with Crippen LogP contribution in [0.25, 0.3) is 0 Å². The van der Waals surface area contributed by atoms with Crippen LogP contribution < -0.4 is 5.32 Å². The molecular weight excluding hydrogens is 262 g/mol. The first-order valence-electron chi connectivity index (χ1n) is 5.85. The van der Waals surface area contributed by atoms with Gasteiger partial charge < -0.3 is 10.4 Å². The highest BCUT2D eigenvalue weighted by atomic mass is 35.5. The van der Waals surface area contributed by atoms with E-state index in [0.717, 1.165) is 5.56 Å². The number of carbonyl (C=O) groups excluding carboxylic acids is 1. The van der Waals surface area contributed by atoms with Crippen LogP contribution in [0.1, 0.15) is 21.5 Å². The van der Waals surface area contributed by atoms with Crippen LogP contribution in [0.2, 0.25) is 5.02 Å². The van der Waals surface area contributed by atoms with Crippen LogP contribution in [0.5, 0.6) is 5.75 Å². The van der Waals surface area contributed by atoms with Gasteiger partial charge in [0.25, 0.3) is 5.91 Å².